The molecule has 2 aliphatic rings. The van der Waals surface area contributed by atoms with E-state index in [1.807, 2.05) is 41.3 Å². The molecule has 5 nitrogen and oxygen atoms in total. The van der Waals surface area contributed by atoms with Crippen molar-refractivity contribution in [3.63, 3.8) is 0 Å². The van der Waals surface area contributed by atoms with Gasteiger partial charge in [-0.05, 0) is 48.7 Å². The molecule has 0 bridgehead atoms. The smallest absolute Gasteiger partial charge is 0.228 e. The maximum absolute atomic E-state index is 13.1. The topological polar surface area (TPSA) is 53.5 Å². The fourth-order valence-electron chi connectivity index (χ4n) is 3.96. The van der Waals surface area contributed by atoms with Crippen LogP contribution in [-0.2, 0) is 9.59 Å². The quantitative estimate of drug-likeness (QED) is 0.772. The van der Waals surface area contributed by atoms with E-state index in [1.165, 1.54) is 0 Å². The molecule has 0 aliphatic carbocycles. The van der Waals surface area contributed by atoms with Crippen LogP contribution >= 0.6 is 15.9 Å². The molecule has 1 aromatic carbocycles. The molecule has 0 saturated carbocycles. The largest absolute Gasteiger partial charge is 0.335 e. The Morgan fingerprint density at radius 2 is 2.00 bits per heavy atom. The van der Waals surface area contributed by atoms with Crippen molar-refractivity contribution < 1.29 is 9.59 Å². The van der Waals surface area contributed by atoms with Gasteiger partial charge in [0.25, 0.3) is 0 Å². The molecule has 2 aromatic rings. The molecule has 4 rings (SSSR count). The third-order valence-electron chi connectivity index (χ3n) is 5.22. The molecule has 2 saturated heterocycles. The Hall–Kier alpha value is -2.21. The second-order valence-corrected chi connectivity index (χ2v) is 7.77. The third kappa shape index (κ3) is 3.26. The minimum atomic E-state index is -0.274. The van der Waals surface area contributed by atoms with Crippen molar-refractivity contribution in [1.29, 1.82) is 0 Å². The number of likely N-dealkylation sites (tertiary alicyclic amines) is 1. The first-order chi connectivity index (χ1) is 12.6. The van der Waals surface area contributed by atoms with Crippen molar-refractivity contribution in [3.05, 3.63) is 58.8 Å². The Bertz CT molecular complexity index is 827. The van der Waals surface area contributed by atoms with Gasteiger partial charge in [-0.2, -0.15) is 0 Å². The highest BCUT2D eigenvalue weighted by Gasteiger charge is 2.40. The fourth-order valence-corrected chi connectivity index (χ4v) is 4.35. The van der Waals surface area contributed by atoms with Gasteiger partial charge in [0.2, 0.25) is 11.8 Å². The minimum Gasteiger partial charge on any atom is -0.335 e. The van der Waals surface area contributed by atoms with Gasteiger partial charge in [-0.25, -0.2) is 0 Å². The SMILES string of the molecule is O=C1C[C@H](C(=O)N2CCC[C@H]2c2ccncc2)CN1c1cccc(Br)c1. The van der Waals surface area contributed by atoms with Crippen molar-refractivity contribution in [2.24, 2.45) is 5.92 Å². The van der Waals surface area contributed by atoms with Crippen LogP contribution in [0.5, 0.6) is 0 Å². The van der Waals surface area contributed by atoms with Gasteiger partial charge >= 0.3 is 0 Å². The number of rotatable bonds is 3. The molecule has 6 heteroatoms. The van der Waals surface area contributed by atoms with Crippen LogP contribution in [0.15, 0.2) is 53.3 Å². The zero-order valence-corrected chi connectivity index (χ0v) is 15.9. The van der Waals surface area contributed by atoms with Gasteiger partial charge in [0.1, 0.15) is 0 Å². The highest BCUT2D eigenvalue weighted by Crippen LogP contribution is 2.35. The first-order valence-corrected chi connectivity index (χ1v) is 9.69. The van der Waals surface area contributed by atoms with E-state index in [9.17, 15) is 9.59 Å². The summed E-state index contributed by atoms with van der Waals surface area (Å²) in [5.74, 6) is -0.166. The molecule has 0 N–H and O–H groups in total. The van der Waals surface area contributed by atoms with E-state index in [0.717, 1.165) is 35.1 Å². The molecule has 134 valence electrons. The van der Waals surface area contributed by atoms with Crippen LogP contribution in [0.25, 0.3) is 0 Å². The number of aromatic nitrogens is 1. The van der Waals surface area contributed by atoms with Crippen LogP contribution in [0.1, 0.15) is 30.9 Å². The van der Waals surface area contributed by atoms with E-state index < -0.39 is 0 Å². The van der Waals surface area contributed by atoms with Crippen molar-refractivity contribution >= 4 is 33.4 Å². The lowest BCUT2D eigenvalue weighted by atomic mass is 10.0. The highest BCUT2D eigenvalue weighted by atomic mass is 79.9. The molecule has 2 fully saturated rings. The molecule has 2 amide bonds. The average Bonchev–Trinajstić information content (AvgIpc) is 3.29. The monoisotopic (exact) mass is 413 g/mol. The molecule has 26 heavy (non-hydrogen) atoms. The van der Waals surface area contributed by atoms with Crippen LogP contribution in [0.3, 0.4) is 0 Å². The number of amides is 2. The van der Waals surface area contributed by atoms with Crippen molar-refractivity contribution in [3.8, 4) is 0 Å². The lowest BCUT2D eigenvalue weighted by Gasteiger charge is -2.27. The molecule has 0 spiro atoms. The summed E-state index contributed by atoms with van der Waals surface area (Å²) in [6.07, 6.45) is 5.78. The van der Waals surface area contributed by atoms with Crippen molar-refractivity contribution in [2.45, 2.75) is 25.3 Å². The summed E-state index contributed by atoms with van der Waals surface area (Å²) in [6.45, 7) is 1.21. The molecular weight excluding hydrogens is 394 g/mol. The summed E-state index contributed by atoms with van der Waals surface area (Å²) in [5.41, 5.74) is 1.96. The summed E-state index contributed by atoms with van der Waals surface area (Å²) < 4.78 is 0.926. The molecule has 0 radical (unpaired) electrons. The summed E-state index contributed by atoms with van der Waals surface area (Å²) in [6, 6.07) is 11.7. The maximum atomic E-state index is 13.1. The zero-order chi connectivity index (χ0) is 18.1. The predicted octanol–water partition coefficient (Wildman–Crippen LogP) is 3.56. The fraction of sp³-hybridized carbons (Fsp3) is 0.350. The van der Waals surface area contributed by atoms with Gasteiger partial charge in [0.15, 0.2) is 0 Å². The number of nitrogens with zero attached hydrogens (tertiary/aromatic N) is 3. The Kier molecular flexibility index (Phi) is 4.76. The number of carbonyl (C=O) groups excluding carboxylic acids is 2. The second kappa shape index (κ2) is 7.19. The first kappa shape index (κ1) is 17.2. The van der Waals surface area contributed by atoms with Crippen LogP contribution in [0.4, 0.5) is 5.69 Å². The van der Waals surface area contributed by atoms with Gasteiger partial charge < -0.3 is 9.80 Å². The Labute approximate surface area is 161 Å². The number of hydrogen-bond acceptors (Lipinski definition) is 3. The molecular formula is C20H20BrN3O2. The third-order valence-corrected chi connectivity index (χ3v) is 5.71. The van der Waals surface area contributed by atoms with Crippen LogP contribution < -0.4 is 4.90 Å². The van der Waals surface area contributed by atoms with E-state index in [4.69, 9.17) is 0 Å². The van der Waals surface area contributed by atoms with E-state index in [2.05, 4.69) is 20.9 Å². The van der Waals surface area contributed by atoms with Gasteiger partial charge in [0, 0.05) is 42.1 Å². The van der Waals surface area contributed by atoms with E-state index in [1.54, 1.807) is 17.3 Å². The van der Waals surface area contributed by atoms with Crippen LogP contribution in [-0.4, -0.2) is 34.8 Å². The number of carbonyl (C=O) groups is 2. The average molecular weight is 414 g/mol. The molecule has 2 atom stereocenters. The normalized spacial score (nSPS) is 22.9. The van der Waals surface area contributed by atoms with E-state index >= 15 is 0 Å². The number of pyridine rings is 1. The Morgan fingerprint density at radius 1 is 1.19 bits per heavy atom. The number of benzene rings is 1. The van der Waals surface area contributed by atoms with Gasteiger partial charge in [0.05, 0.1) is 12.0 Å². The zero-order valence-electron chi connectivity index (χ0n) is 14.3. The number of hydrogen-bond donors (Lipinski definition) is 0. The van der Waals surface area contributed by atoms with Crippen LogP contribution in [0, 0.1) is 5.92 Å². The molecule has 2 aliphatic heterocycles. The van der Waals surface area contributed by atoms with E-state index in [0.29, 0.717) is 6.54 Å². The molecule has 3 heterocycles. The van der Waals surface area contributed by atoms with Crippen molar-refractivity contribution in [2.75, 3.05) is 18.0 Å². The molecule has 1 aromatic heterocycles. The summed E-state index contributed by atoms with van der Waals surface area (Å²) in [4.78, 5) is 33.4. The Balaban J connectivity index is 1.51. The first-order valence-electron chi connectivity index (χ1n) is 8.90. The summed E-state index contributed by atoms with van der Waals surface area (Å²) in [5, 5.41) is 0. The lowest BCUT2D eigenvalue weighted by Crippen LogP contribution is -2.37. The minimum absolute atomic E-state index is 0.0149. The number of anilines is 1. The highest BCUT2D eigenvalue weighted by molar-refractivity contribution is 9.10. The van der Waals surface area contributed by atoms with Gasteiger partial charge in [-0.3, -0.25) is 14.6 Å². The van der Waals surface area contributed by atoms with Gasteiger partial charge in [-0.1, -0.05) is 22.0 Å². The van der Waals surface area contributed by atoms with Crippen LogP contribution in [0.2, 0.25) is 0 Å². The molecule has 0 unspecified atom stereocenters. The predicted molar refractivity (Wildman–Crippen MR) is 103 cm³/mol. The van der Waals surface area contributed by atoms with E-state index in [-0.39, 0.29) is 30.2 Å². The van der Waals surface area contributed by atoms with Crippen molar-refractivity contribution in [1.82, 2.24) is 9.88 Å². The second-order valence-electron chi connectivity index (χ2n) is 6.86. The standard InChI is InChI=1S/C20H20BrN3O2/c21-16-3-1-4-17(12-16)24-13-15(11-19(24)25)20(26)23-10-2-5-18(23)14-6-8-22-9-7-14/h1,3-4,6-9,12,15,18H,2,5,10-11,13H2/t15-,18-/m0/s1. The summed E-state index contributed by atoms with van der Waals surface area (Å²) >= 11 is 3.44. The summed E-state index contributed by atoms with van der Waals surface area (Å²) in [7, 11) is 0. The maximum Gasteiger partial charge on any atom is 0.228 e. The lowest BCUT2D eigenvalue weighted by molar-refractivity contribution is -0.136. The van der Waals surface area contributed by atoms with Gasteiger partial charge in [-0.15, -0.1) is 0 Å². The Morgan fingerprint density at radius 3 is 2.77 bits per heavy atom. The number of halogens is 1.